The zero-order valence-electron chi connectivity index (χ0n) is 22.7. The van der Waals surface area contributed by atoms with Crippen LogP contribution in [0.1, 0.15) is 85.5 Å². The lowest BCUT2D eigenvalue weighted by Gasteiger charge is -2.62. The zero-order chi connectivity index (χ0) is 25.8. The van der Waals surface area contributed by atoms with Crippen molar-refractivity contribution in [1.29, 1.82) is 0 Å². The number of carbonyl (C=O) groups excluding carboxylic acids is 1. The fourth-order valence-electron chi connectivity index (χ4n) is 8.51. The number of aryl methyl sites for hydroxylation is 1. The lowest BCUT2D eigenvalue weighted by atomic mass is 9.43. The van der Waals surface area contributed by atoms with Crippen molar-refractivity contribution in [1.82, 2.24) is 4.57 Å². The molecule has 2 fully saturated rings. The Labute approximate surface area is 225 Å². The molecule has 196 valence electrons. The molecule has 1 heterocycles. The molecular weight excluding hydrogens is 512 g/mol. The van der Waals surface area contributed by atoms with Crippen LogP contribution in [0.2, 0.25) is 0 Å². The van der Waals surface area contributed by atoms with E-state index in [1.807, 2.05) is 19.3 Å². The molecule has 1 aromatic carbocycles. The molecule has 3 aliphatic rings. The molecule has 5 heteroatoms. The van der Waals surface area contributed by atoms with E-state index in [-0.39, 0.29) is 17.4 Å². The second kappa shape index (κ2) is 9.62. The second-order valence-electron chi connectivity index (χ2n) is 12.8. The first-order valence-corrected chi connectivity index (χ1v) is 14.7. The molecule has 2 aromatic rings. The Morgan fingerprint density at radius 1 is 1.19 bits per heavy atom. The van der Waals surface area contributed by atoms with Gasteiger partial charge in [0.15, 0.2) is 0 Å². The molecule has 0 aliphatic heterocycles. The maximum absolute atomic E-state index is 12.8. The van der Waals surface area contributed by atoms with Crippen LogP contribution in [0.3, 0.4) is 0 Å². The van der Waals surface area contributed by atoms with Gasteiger partial charge in [0.1, 0.15) is 0 Å². The van der Waals surface area contributed by atoms with Gasteiger partial charge in [-0.15, -0.1) is 0 Å². The van der Waals surface area contributed by atoms with Gasteiger partial charge in [-0.3, -0.25) is 4.79 Å². The summed E-state index contributed by atoms with van der Waals surface area (Å²) in [6.45, 7) is 9.48. The highest BCUT2D eigenvalue weighted by molar-refractivity contribution is 9.10. The number of aliphatic hydroxyl groups excluding tert-OH is 1. The molecule has 0 spiro atoms. The van der Waals surface area contributed by atoms with Gasteiger partial charge in [-0.25, -0.2) is 0 Å². The minimum absolute atomic E-state index is 0.00474. The van der Waals surface area contributed by atoms with Crippen LogP contribution in [0.25, 0.3) is 10.9 Å². The molecule has 3 aliphatic carbocycles. The van der Waals surface area contributed by atoms with Crippen LogP contribution >= 0.6 is 15.9 Å². The highest BCUT2D eigenvalue weighted by Crippen LogP contribution is 2.64. The summed E-state index contributed by atoms with van der Waals surface area (Å²) in [6, 6.07) is 6.11. The van der Waals surface area contributed by atoms with Gasteiger partial charge in [0.05, 0.1) is 6.10 Å². The van der Waals surface area contributed by atoms with E-state index < -0.39 is 0 Å². The van der Waals surface area contributed by atoms with Crippen molar-refractivity contribution in [2.75, 3.05) is 5.32 Å². The van der Waals surface area contributed by atoms with Crippen molar-refractivity contribution in [3.63, 3.8) is 0 Å². The van der Waals surface area contributed by atoms with Gasteiger partial charge < -0.3 is 15.0 Å². The summed E-state index contributed by atoms with van der Waals surface area (Å²) in [4.78, 5) is 12.8. The van der Waals surface area contributed by atoms with Gasteiger partial charge in [0.25, 0.3) is 0 Å². The van der Waals surface area contributed by atoms with Crippen LogP contribution in [0.15, 0.2) is 40.0 Å². The molecule has 0 unspecified atom stereocenters. The quantitative estimate of drug-likeness (QED) is 0.368. The van der Waals surface area contributed by atoms with E-state index in [0.29, 0.717) is 29.6 Å². The van der Waals surface area contributed by atoms with Crippen molar-refractivity contribution in [3.05, 3.63) is 40.0 Å². The molecule has 1 amide bonds. The fourth-order valence-corrected chi connectivity index (χ4v) is 9.13. The summed E-state index contributed by atoms with van der Waals surface area (Å²) >= 11 is 3.62. The zero-order valence-corrected chi connectivity index (χ0v) is 24.2. The van der Waals surface area contributed by atoms with Crippen molar-refractivity contribution < 1.29 is 9.90 Å². The largest absolute Gasteiger partial charge is 0.393 e. The number of fused-ring (bicyclic) bond motifs is 4. The van der Waals surface area contributed by atoms with Gasteiger partial charge in [-0.05, 0) is 121 Å². The SMILES string of the molecule is CC1=C(CCCC(=O)Nc2ccc3c(c2)c(Br)cn3C)[C@@H]2CC[C@H]3C(C)(C)[C@@H](O)CC[C@]3(C)[C@H]2CC1. The molecule has 2 saturated carbocycles. The predicted molar refractivity (Wildman–Crippen MR) is 152 cm³/mol. The number of aromatic nitrogens is 1. The van der Waals surface area contributed by atoms with E-state index in [1.54, 1.807) is 11.1 Å². The number of allylic oxidation sites excluding steroid dienone is 2. The van der Waals surface area contributed by atoms with Crippen molar-refractivity contribution in [2.45, 2.75) is 91.6 Å². The number of amides is 1. The van der Waals surface area contributed by atoms with Crippen molar-refractivity contribution >= 4 is 38.4 Å². The average Bonchev–Trinajstić information content (AvgIpc) is 3.10. The fraction of sp³-hybridized carbons (Fsp3) is 0.645. The number of aliphatic hydroxyl groups is 1. The first kappa shape index (κ1) is 26.0. The summed E-state index contributed by atoms with van der Waals surface area (Å²) in [5.74, 6) is 2.08. The maximum Gasteiger partial charge on any atom is 0.224 e. The molecule has 0 saturated heterocycles. The number of rotatable bonds is 5. The minimum atomic E-state index is -0.172. The number of anilines is 1. The monoisotopic (exact) mass is 554 g/mol. The Balaban J connectivity index is 1.22. The Hall–Kier alpha value is -1.59. The maximum atomic E-state index is 12.8. The number of benzene rings is 1. The van der Waals surface area contributed by atoms with Gasteiger partial charge in [-0.1, -0.05) is 31.9 Å². The third-order valence-electron chi connectivity index (χ3n) is 10.5. The highest BCUT2D eigenvalue weighted by atomic mass is 79.9. The Bertz CT molecular complexity index is 1190. The third kappa shape index (κ3) is 4.38. The number of hydrogen-bond donors (Lipinski definition) is 2. The first-order valence-electron chi connectivity index (χ1n) is 13.9. The number of nitrogens with one attached hydrogen (secondary N) is 1. The van der Waals surface area contributed by atoms with Crippen LogP contribution in [-0.2, 0) is 11.8 Å². The molecule has 0 radical (unpaired) electrons. The van der Waals surface area contributed by atoms with Crippen molar-refractivity contribution in [3.8, 4) is 0 Å². The Morgan fingerprint density at radius 3 is 2.75 bits per heavy atom. The number of carbonyl (C=O) groups is 1. The molecule has 5 rings (SSSR count). The van der Waals surface area contributed by atoms with E-state index in [9.17, 15) is 9.90 Å². The summed E-state index contributed by atoms with van der Waals surface area (Å²) in [5, 5.41) is 15.0. The van der Waals surface area contributed by atoms with Gasteiger partial charge >= 0.3 is 0 Å². The van der Waals surface area contributed by atoms with Crippen LogP contribution in [0.5, 0.6) is 0 Å². The lowest BCUT2D eigenvalue weighted by molar-refractivity contribution is -0.149. The molecule has 2 N–H and O–H groups in total. The summed E-state index contributed by atoms with van der Waals surface area (Å²) < 4.78 is 3.13. The second-order valence-corrected chi connectivity index (χ2v) is 13.6. The third-order valence-corrected chi connectivity index (χ3v) is 11.1. The number of halogens is 1. The van der Waals surface area contributed by atoms with E-state index in [2.05, 4.69) is 65.6 Å². The number of nitrogens with zero attached hydrogens (tertiary/aromatic N) is 1. The average molecular weight is 556 g/mol. The van der Waals surface area contributed by atoms with E-state index in [1.165, 1.54) is 25.7 Å². The standard InChI is InChI=1S/C31H43BrN2O2/c1-19-9-12-24-22(11-14-27-30(2,3)28(35)15-16-31(24,27)4)21(19)7-6-8-29(36)33-20-10-13-26-23(17-20)25(32)18-34(26)5/h10,13,17-18,22,24,27-28,35H,6-9,11-12,14-16H2,1-5H3,(H,33,36)/t22-,24-,27-,28-,31+/m0/s1. The van der Waals surface area contributed by atoms with Crippen LogP contribution < -0.4 is 5.32 Å². The lowest BCUT2D eigenvalue weighted by Crippen LogP contribution is -2.56. The number of hydrogen-bond acceptors (Lipinski definition) is 2. The molecule has 0 bridgehead atoms. The van der Waals surface area contributed by atoms with Gasteiger partial charge in [0.2, 0.25) is 5.91 Å². The summed E-state index contributed by atoms with van der Waals surface area (Å²) in [7, 11) is 2.03. The van der Waals surface area contributed by atoms with E-state index in [4.69, 9.17) is 0 Å². The van der Waals surface area contributed by atoms with E-state index >= 15 is 0 Å². The Morgan fingerprint density at radius 2 is 1.97 bits per heavy atom. The minimum Gasteiger partial charge on any atom is -0.393 e. The summed E-state index contributed by atoms with van der Waals surface area (Å²) in [6.07, 6.45) is 11.4. The smallest absolute Gasteiger partial charge is 0.224 e. The van der Waals surface area contributed by atoms with Crippen molar-refractivity contribution in [2.24, 2.45) is 35.6 Å². The predicted octanol–water partition coefficient (Wildman–Crippen LogP) is 7.99. The molecular formula is C31H43BrN2O2. The highest BCUT2D eigenvalue weighted by Gasteiger charge is 2.58. The molecule has 5 atom stereocenters. The normalized spacial score (nSPS) is 31.8. The van der Waals surface area contributed by atoms with Gasteiger partial charge in [-0.2, -0.15) is 0 Å². The Kier molecular flexibility index (Phi) is 6.95. The van der Waals surface area contributed by atoms with Crippen LogP contribution in [0, 0.1) is 28.6 Å². The van der Waals surface area contributed by atoms with E-state index in [0.717, 1.165) is 46.7 Å². The van der Waals surface area contributed by atoms with Crippen LogP contribution in [-0.4, -0.2) is 21.7 Å². The summed E-state index contributed by atoms with van der Waals surface area (Å²) in [5.41, 5.74) is 5.56. The van der Waals surface area contributed by atoms with Gasteiger partial charge in [0, 0.05) is 40.7 Å². The van der Waals surface area contributed by atoms with Crippen LogP contribution in [0.4, 0.5) is 5.69 Å². The topological polar surface area (TPSA) is 54.3 Å². The molecule has 4 nitrogen and oxygen atoms in total. The molecule has 1 aromatic heterocycles. The first-order chi connectivity index (χ1) is 17.0. The molecule has 36 heavy (non-hydrogen) atoms.